The van der Waals surface area contributed by atoms with E-state index in [1.54, 1.807) is 28.8 Å². The van der Waals surface area contributed by atoms with Crippen molar-refractivity contribution < 1.29 is 14.7 Å². The van der Waals surface area contributed by atoms with Crippen molar-refractivity contribution in [2.45, 2.75) is 25.8 Å². The van der Waals surface area contributed by atoms with Crippen molar-refractivity contribution in [2.24, 2.45) is 5.73 Å². The van der Waals surface area contributed by atoms with E-state index in [9.17, 15) is 19.5 Å². The molecule has 0 saturated carbocycles. The maximum Gasteiger partial charge on any atom is 0.338 e. The summed E-state index contributed by atoms with van der Waals surface area (Å²) in [5.41, 5.74) is 7.27. The van der Waals surface area contributed by atoms with Crippen molar-refractivity contribution in [3.63, 3.8) is 0 Å². The van der Waals surface area contributed by atoms with Crippen LogP contribution in [0.3, 0.4) is 0 Å². The van der Waals surface area contributed by atoms with Crippen molar-refractivity contribution in [1.82, 2.24) is 14.4 Å². The molecule has 4 aromatic rings. The zero-order valence-corrected chi connectivity index (χ0v) is 23.5. The van der Waals surface area contributed by atoms with Gasteiger partial charge in [-0.2, -0.15) is 5.26 Å². The summed E-state index contributed by atoms with van der Waals surface area (Å²) in [6.45, 7) is 4.24. The number of amides is 1. The Morgan fingerprint density at radius 2 is 1.40 bits per heavy atom. The average Bonchev–Trinajstić information content (AvgIpc) is 3.01. The van der Waals surface area contributed by atoms with E-state index in [4.69, 9.17) is 11.0 Å². The summed E-state index contributed by atoms with van der Waals surface area (Å²) in [6, 6.07) is 28.1. The number of aryl methyl sites for hydroxylation is 1. The number of carboxylic acids is 1. The van der Waals surface area contributed by atoms with E-state index >= 15 is 0 Å². The molecular formula is C33H35N5O4. The Kier molecular flexibility index (Phi) is 10.6. The van der Waals surface area contributed by atoms with Gasteiger partial charge in [-0.05, 0) is 30.2 Å². The monoisotopic (exact) mass is 565 g/mol. The van der Waals surface area contributed by atoms with Crippen LogP contribution in [-0.4, -0.2) is 64.1 Å². The largest absolute Gasteiger partial charge is 0.478 e. The zero-order valence-electron chi connectivity index (χ0n) is 23.5. The molecule has 0 atom stereocenters. The Hall–Kier alpha value is -4.78. The molecule has 3 N–H and O–H groups in total. The maximum atomic E-state index is 13.4. The molecule has 9 heteroatoms. The number of nitrogens with zero attached hydrogens (tertiary/aromatic N) is 4. The van der Waals surface area contributed by atoms with E-state index in [0.717, 1.165) is 44.7 Å². The van der Waals surface area contributed by atoms with E-state index in [1.165, 1.54) is 0 Å². The molecule has 1 aromatic heterocycles. The van der Waals surface area contributed by atoms with Gasteiger partial charge in [0.15, 0.2) is 0 Å². The SMILES string of the molecule is N#CCCN1CCN(Cc2c(C(=O)O)c3ccccc3c(=O)n2-c2ccccc2)CC1.NC(=O)CCc1ccccc1. The van der Waals surface area contributed by atoms with Crippen molar-refractivity contribution >= 4 is 22.6 Å². The lowest BCUT2D eigenvalue weighted by Gasteiger charge is -2.35. The van der Waals surface area contributed by atoms with Crippen LogP contribution in [0.1, 0.15) is 34.5 Å². The first-order valence-corrected chi connectivity index (χ1v) is 14.0. The van der Waals surface area contributed by atoms with Crippen LogP contribution in [-0.2, 0) is 17.8 Å². The van der Waals surface area contributed by atoms with Gasteiger partial charge in [0.25, 0.3) is 5.56 Å². The third-order valence-electron chi connectivity index (χ3n) is 7.30. The van der Waals surface area contributed by atoms with Crippen LogP contribution in [0.4, 0.5) is 0 Å². The molecule has 2 heterocycles. The Balaban J connectivity index is 0.000000310. The smallest absolute Gasteiger partial charge is 0.338 e. The molecule has 1 aliphatic heterocycles. The van der Waals surface area contributed by atoms with Gasteiger partial charge in [-0.25, -0.2) is 4.79 Å². The highest BCUT2D eigenvalue weighted by Crippen LogP contribution is 2.24. The number of aromatic carboxylic acids is 1. The Labute approximate surface area is 245 Å². The average molecular weight is 566 g/mol. The van der Waals surface area contributed by atoms with E-state index in [1.807, 2.05) is 60.7 Å². The number of primary amides is 1. The summed E-state index contributed by atoms with van der Waals surface area (Å²) in [5, 5.41) is 19.8. The molecule has 1 aliphatic rings. The number of pyridine rings is 1. The van der Waals surface area contributed by atoms with Gasteiger partial charge in [-0.1, -0.05) is 66.7 Å². The van der Waals surface area contributed by atoms with Gasteiger partial charge in [-0.3, -0.25) is 24.0 Å². The molecule has 1 saturated heterocycles. The van der Waals surface area contributed by atoms with Crippen LogP contribution in [0.2, 0.25) is 0 Å². The molecule has 3 aromatic carbocycles. The van der Waals surface area contributed by atoms with Crippen molar-refractivity contribution in [1.29, 1.82) is 5.26 Å². The number of fused-ring (bicyclic) bond motifs is 1. The molecule has 0 bridgehead atoms. The minimum absolute atomic E-state index is 0.172. The number of hydrogen-bond acceptors (Lipinski definition) is 6. The molecule has 216 valence electrons. The van der Waals surface area contributed by atoms with Gasteiger partial charge >= 0.3 is 5.97 Å². The van der Waals surface area contributed by atoms with Gasteiger partial charge in [-0.15, -0.1) is 0 Å². The quantitative estimate of drug-likeness (QED) is 0.315. The number of rotatable bonds is 9. The van der Waals surface area contributed by atoms with E-state index in [0.29, 0.717) is 41.5 Å². The second kappa shape index (κ2) is 14.7. The number of carbonyl (C=O) groups is 2. The topological polar surface area (TPSA) is 133 Å². The summed E-state index contributed by atoms with van der Waals surface area (Å²) in [6.07, 6.45) is 1.68. The first-order chi connectivity index (χ1) is 20.4. The number of hydrogen-bond donors (Lipinski definition) is 2. The minimum Gasteiger partial charge on any atom is -0.478 e. The van der Waals surface area contributed by atoms with Gasteiger partial charge < -0.3 is 10.8 Å². The Morgan fingerprint density at radius 3 is 2.00 bits per heavy atom. The van der Waals surface area contributed by atoms with Crippen LogP contribution in [0.5, 0.6) is 0 Å². The number of aromatic nitrogens is 1. The highest BCUT2D eigenvalue weighted by Gasteiger charge is 2.25. The summed E-state index contributed by atoms with van der Waals surface area (Å²) < 4.78 is 1.55. The lowest BCUT2D eigenvalue weighted by molar-refractivity contribution is -0.118. The second-order valence-electron chi connectivity index (χ2n) is 10.1. The van der Waals surface area contributed by atoms with Crippen LogP contribution < -0.4 is 11.3 Å². The number of carbonyl (C=O) groups excluding carboxylic acids is 1. The van der Waals surface area contributed by atoms with Crippen LogP contribution in [0.15, 0.2) is 89.7 Å². The Bertz CT molecular complexity index is 1610. The third-order valence-corrected chi connectivity index (χ3v) is 7.30. The Morgan fingerprint density at radius 1 is 0.833 bits per heavy atom. The highest BCUT2D eigenvalue weighted by atomic mass is 16.4. The molecule has 9 nitrogen and oxygen atoms in total. The van der Waals surface area contributed by atoms with Crippen LogP contribution >= 0.6 is 0 Å². The molecule has 1 amide bonds. The number of nitriles is 1. The summed E-state index contributed by atoms with van der Waals surface area (Å²) in [7, 11) is 0. The molecular weight excluding hydrogens is 530 g/mol. The lowest BCUT2D eigenvalue weighted by Crippen LogP contribution is -2.46. The predicted molar refractivity (Wildman–Crippen MR) is 162 cm³/mol. The molecule has 5 rings (SSSR count). The van der Waals surface area contributed by atoms with Crippen molar-refractivity contribution in [3.8, 4) is 11.8 Å². The fourth-order valence-electron chi connectivity index (χ4n) is 5.14. The van der Waals surface area contributed by atoms with E-state index < -0.39 is 5.97 Å². The molecule has 0 aliphatic carbocycles. The summed E-state index contributed by atoms with van der Waals surface area (Å²) in [4.78, 5) is 40.6. The number of benzene rings is 3. The second-order valence-corrected chi connectivity index (χ2v) is 10.1. The fourth-order valence-corrected chi connectivity index (χ4v) is 5.14. The summed E-state index contributed by atoms with van der Waals surface area (Å²) >= 11 is 0. The number of nitrogens with two attached hydrogens (primary N) is 1. The molecule has 0 spiro atoms. The fraction of sp³-hybridized carbons (Fsp3) is 0.273. The van der Waals surface area contributed by atoms with Crippen molar-refractivity contribution in [2.75, 3.05) is 32.7 Å². The third kappa shape index (κ3) is 7.69. The molecule has 0 radical (unpaired) electrons. The standard InChI is InChI=1S/C24H24N4O3.C9H11NO/c25-11-6-12-26-13-15-27(16-14-26)17-21-22(24(30)31)19-9-4-5-10-20(19)23(29)28(21)18-7-2-1-3-8-18;10-9(11)7-6-8-4-2-1-3-5-8/h1-5,7-10H,6,12-17H2,(H,30,31);1-5H,6-7H2,(H2,10,11). The van der Waals surface area contributed by atoms with Crippen molar-refractivity contribution in [3.05, 3.63) is 112 Å². The normalized spacial score (nSPS) is 13.6. The minimum atomic E-state index is -1.04. The van der Waals surface area contributed by atoms with E-state index in [-0.39, 0.29) is 17.0 Å². The van der Waals surface area contributed by atoms with Crippen LogP contribution in [0, 0.1) is 11.3 Å². The predicted octanol–water partition coefficient (Wildman–Crippen LogP) is 3.82. The number of piperazine rings is 1. The maximum absolute atomic E-state index is 13.4. The number of carboxylic acid groups (broad SMARTS) is 1. The zero-order chi connectivity index (χ0) is 29.9. The van der Waals surface area contributed by atoms with Gasteiger partial charge in [0.1, 0.15) is 0 Å². The number of para-hydroxylation sites is 1. The molecule has 42 heavy (non-hydrogen) atoms. The first kappa shape index (κ1) is 30.2. The van der Waals surface area contributed by atoms with Gasteiger partial charge in [0.05, 0.1) is 17.3 Å². The highest BCUT2D eigenvalue weighted by molar-refractivity contribution is 6.04. The van der Waals surface area contributed by atoms with Crippen LogP contribution in [0.25, 0.3) is 16.5 Å². The molecule has 0 unspecified atom stereocenters. The van der Waals surface area contributed by atoms with E-state index in [2.05, 4.69) is 15.9 Å². The van der Waals surface area contributed by atoms with Gasteiger partial charge in [0, 0.05) is 68.6 Å². The summed E-state index contributed by atoms with van der Waals surface area (Å²) in [5.74, 6) is -1.28. The lowest BCUT2D eigenvalue weighted by atomic mass is 10.0. The first-order valence-electron chi connectivity index (χ1n) is 14.0. The molecule has 1 fully saturated rings. The van der Waals surface area contributed by atoms with Gasteiger partial charge in [0.2, 0.25) is 5.91 Å².